The predicted molar refractivity (Wildman–Crippen MR) is 71.9 cm³/mol. The molecule has 0 amide bonds. The topological polar surface area (TPSA) is 17.1 Å². The Morgan fingerprint density at radius 1 is 0.882 bits per heavy atom. The van der Waals surface area contributed by atoms with Gasteiger partial charge in [-0.3, -0.25) is 4.79 Å². The second-order valence-corrected chi connectivity index (χ2v) is 6.88. The highest BCUT2D eigenvalue weighted by Gasteiger charge is 2.39. The van der Waals surface area contributed by atoms with Gasteiger partial charge in [-0.1, -0.05) is 52.4 Å². The summed E-state index contributed by atoms with van der Waals surface area (Å²) in [4.78, 5) is 12.7. The number of Topliss-reactive ketones (excluding diaryl/α,β-unsaturated/α-hetero) is 1. The van der Waals surface area contributed by atoms with Gasteiger partial charge in [0.1, 0.15) is 5.78 Å². The Balaban J connectivity index is 2.01. The summed E-state index contributed by atoms with van der Waals surface area (Å²) >= 11 is 0. The Kier molecular flexibility index (Phi) is 4.27. The standard InChI is InChI=1S/C16H28O/c1-16(2)12-8-7-11-14(16)15(17)13-9-5-3-4-6-10-13/h13-14H,3-12H2,1-2H3. The van der Waals surface area contributed by atoms with E-state index in [1.54, 1.807) is 0 Å². The van der Waals surface area contributed by atoms with Crippen molar-refractivity contribution in [2.45, 2.75) is 78.1 Å². The van der Waals surface area contributed by atoms with Gasteiger partial charge in [-0.05, 0) is 31.1 Å². The number of carbonyl (C=O) groups is 1. The average molecular weight is 236 g/mol. The Hall–Kier alpha value is -0.330. The summed E-state index contributed by atoms with van der Waals surface area (Å²) in [6, 6.07) is 0. The Bertz CT molecular complexity index is 259. The highest BCUT2D eigenvalue weighted by atomic mass is 16.1. The molecule has 0 aromatic rings. The van der Waals surface area contributed by atoms with E-state index in [-0.39, 0.29) is 5.41 Å². The molecule has 2 rings (SSSR count). The zero-order valence-electron chi connectivity index (χ0n) is 11.6. The van der Waals surface area contributed by atoms with Crippen LogP contribution in [-0.4, -0.2) is 5.78 Å². The maximum atomic E-state index is 12.7. The largest absolute Gasteiger partial charge is 0.299 e. The molecule has 1 atom stereocenters. The van der Waals surface area contributed by atoms with Gasteiger partial charge in [-0.25, -0.2) is 0 Å². The molecular formula is C16H28O. The van der Waals surface area contributed by atoms with Gasteiger partial charge in [0.2, 0.25) is 0 Å². The molecule has 1 heteroatoms. The molecule has 0 aliphatic heterocycles. The van der Waals surface area contributed by atoms with Gasteiger partial charge in [-0.2, -0.15) is 0 Å². The minimum Gasteiger partial charge on any atom is -0.299 e. The zero-order valence-corrected chi connectivity index (χ0v) is 11.6. The van der Waals surface area contributed by atoms with Crippen LogP contribution in [0.3, 0.4) is 0 Å². The lowest BCUT2D eigenvalue weighted by molar-refractivity contribution is -0.132. The lowest BCUT2D eigenvalue weighted by Gasteiger charge is -2.39. The van der Waals surface area contributed by atoms with E-state index in [0.29, 0.717) is 17.6 Å². The van der Waals surface area contributed by atoms with Crippen molar-refractivity contribution >= 4 is 5.78 Å². The van der Waals surface area contributed by atoms with Gasteiger partial charge < -0.3 is 0 Å². The van der Waals surface area contributed by atoms with Crippen molar-refractivity contribution in [1.82, 2.24) is 0 Å². The summed E-state index contributed by atoms with van der Waals surface area (Å²) in [6.45, 7) is 4.62. The van der Waals surface area contributed by atoms with Crippen LogP contribution < -0.4 is 0 Å². The van der Waals surface area contributed by atoms with Crippen molar-refractivity contribution in [3.63, 3.8) is 0 Å². The number of hydrogen-bond acceptors (Lipinski definition) is 1. The first-order valence-electron chi connectivity index (χ1n) is 7.65. The van der Waals surface area contributed by atoms with Crippen molar-refractivity contribution in [2.75, 3.05) is 0 Å². The number of carbonyl (C=O) groups excluding carboxylic acids is 1. The minimum atomic E-state index is 0.266. The van der Waals surface area contributed by atoms with Crippen molar-refractivity contribution in [3.8, 4) is 0 Å². The third kappa shape index (κ3) is 3.11. The van der Waals surface area contributed by atoms with E-state index in [4.69, 9.17) is 0 Å². The highest BCUT2D eigenvalue weighted by molar-refractivity contribution is 5.84. The smallest absolute Gasteiger partial charge is 0.139 e. The first kappa shape index (κ1) is 13.1. The monoisotopic (exact) mass is 236 g/mol. The first-order chi connectivity index (χ1) is 8.11. The summed E-state index contributed by atoms with van der Waals surface area (Å²) in [5.41, 5.74) is 0.266. The predicted octanol–water partition coefficient (Wildman–Crippen LogP) is 4.74. The molecule has 0 aromatic heterocycles. The van der Waals surface area contributed by atoms with Crippen LogP contribution in [0.2, 0.25) is 0 Å². The van der Waals surface area contributed by atoms with Gasteiger partial charge in [0, 0.05) is 11.8 Å². The minimum absolute atomic E-state index is 0.266. The molecule has 2 fully saturated rings. The molecule has 0 spiro atoms. The van der Waals surface area contributed by atoms with Crippen molar-refractivity contribution in [1.29, 1.82) is 0 Å². The molecule has 1 nitrogen and oxygen atoms in total. The van der Waals surface area contributed by atoms with Crippen LogP contribution >= 0.6 is 0 Å². The molecule has 2 aliphatic rings. The highest BCUT2D eigenvalue weighted by Crippen LogP contribution is 2.43. The molecule has 0 bridgehead atoms. The fourth-order valence-corrected chi connectivity index (χ4v) is 3.87. The molecule has 98 valence electrons. The van der Waals surface area contributed by atoms with E-state index in [2.05, 4.69) is 13.8 Å². The summed E-state index contributed by atoms with van der Waals surface area (Å²) in [6.07, 6.45) is 12.6. The van der Waals surface area contributed by atoms with E-state index >= 15 is 0 Å². The first-order valence-corrected chi connectivity index (χ1v) is 7.65. The number of ketones is 1. The van der Waals surface area contributed by atoms with E-state index in [9.17, 15) is 4.79 Å². The van der Waals surface area contributed by atoms with Crippen molar-refractivity contribution in [2.24, 2.45) is 17.3 Å². The van der Waals surface area contributed by atoms with E-state index < -0.39 is 0 Å². The van der Waals surface area contributed by atoms with Gasteiger partial charge in [-0.15, -0.1) is 0 Å². The molecule has 2 aliphatic carbocycles. The fourth-order valence-electron chi connectivity index (χ4n) is 3.87. The van der Waals surface area contributed by atoms with Crippen LogP contribution in [0, 0.1) is 17.3 Å². The molecular weight excluding hydrogens is 208 g/mol. The van der Waals surface area contributed by atoms with Gasteiger partial charge >= 0.3 is 0 Å². The SMILES string of the molecule is CC1(C)CCCCC1C(=O)C1CCCCCC1. The van der Waals surface area contributed by atoms with Gasteiger partial charge in [0.25, 0.3) is 0 Å². The van der Waals surface area contributed by atoms with Crippen LogP contribution in [0.25, 0.3) is 0 Å². The third-order valence-corrected chi connectivity index (χ3v) is 5.11. The van der Waals surface area contributed by atoms with Crippen LogP contribution in [0.4, 0.5) is 0 Å². The van der Waals surface area contributed by atoms with Gasteiger partial charge in [0.05, 0.1) is 0 Å². The summed E-state index contributed by atoms with van der Waals surface area (Å²) in [5.74, 6) is 1.39. The maximum absolute atomic E-state index is 12.7. The second-order valence-electron chi connectivity index (χ2n) is 6.88. The normalized spacial score (nSPS) is 30.8. The molecule has 0 aromatic carbocycles. The molecule has 2 saturated carbocycles. The fraction of sp³-hybridized carbons (Fsp3) is 0.938. The molecule has 0 radical (unpaired) electrons. The summed E-state index contributed by atoms with van der Waals surface area (Å²) in [5, 5.41) is 0. The molecule has 0 saturated heterocycles. The van der Waals surface area contributed by atoms with Crippen LogP contribution in [0.5, 0.6) is 0 Å². The van der Waals surface area contributed by atoms with E-state index in [1.165, 1.54) is 57.8 Å². The maximum Gasteiger partial charge on any atom is 0.139 e. The lowest BCUT2D eigenvalue weighted by Crippen LogP contribution is -2.37. The van der Waals surface area contributed by atoms with Gasteiger partial charge in [0.15, 0.2) is 0 Å². The Labute approximate surface area is 106 Å². The number of rotatable bonds is 2. The molecule has 17 heavy (non-hydrogen) atoms. The van der Waals surface area contributed by atoms with E-state index in [1.807, 2.05) is 0 Å². The second kappa shape index (κ2) is 5.54. The van der Waals surface area contributed by atoms with Crippen LogP contribution in [0.15, 0.2) is 0 Å². The third-order valence-electron chi connectivity index (χ3n) is 5.11. The Morgan fingerprint density at radius 3 is 2.06 bits per heavy atom. The number of hydrogen-bond donors (Lipinski definition) is 0. The zero-order chi connectivity index (χ0) is 12.3. The molecule has 0 heterocycles. The van der Waals surface area contributed by atoms with Crippen molar-refractivity contribution < 1.29 is 4.79 Å². The quantitative estimate of drug-likeness (QED) is 0.633. The van der Waals surface area contributed by atoms with Crippen LogP contribution in [-0.2, 0) is 4.79 Å². The molecule has 1 unspecified atom stereocenters. The van der Waals surface area contributed by atoms with Crippen LogP contribution in [0.1, 0.15) is 78.1 Å². The summed E-state index contributed by atoms with van der Waals surface area (Å²) < 4.78 is 0. The van der Waals surface area contributed by atoms with Crippen molar-refractivity contribution in [3.05, 3.63) is 0 Å². The van der Waals surface area contributed by atoms with E-state index in [0.717, 1.165) is 6.42 Å². The average Bonchev–Trinajstić information content (AvgIpc) is 2.56. The lowest BCUT2D eigenvalue weighted by atomic mass is 9.65. The summed E-state index contributed by atoms with van der Waals surface area (Å²) in [7, 11) is 0. The molecule has 0 N–H and O–H groups in total. The Morgan fingerprint density at radius 2 is 1.47 bits per heavy atom.